The fraction of sp³-hybridized carbons (Fsp3) is 0.0833. The van der Waals surface area contributed by atoms with Crippen LogP contribution in [0.15, 0.2) is 29.4 Å². The van der Waals surface area contributed by atoms with Gasteiger partial charge in [0.15, 0.2) is 5.16 Å². The van der Waals surface area contributed by atoms with E-state index in [9.17, 15) is 4.39 Å². The Kier molecular flexibility index (Phi) is 4.20. The molecule has 0 radical (unpaired) electrons. The lowest BCUT2D eigenvalue weighted by Crippen LogP contribution is -1.93. The third-order valence-corrected chi connectivity index (χ3v) is 2.86. The standard InChI is InChI=1S/C12H7ClFN3OS/c1-19-12-16-10(13)5-11(17-12)18-8-3-2-7(6-15)9(14)4-8/h2-5H,1H3. The molecule has 0 atom stereocenters. The third-order valence-electron chi connectivity index (χ3n) is 2.12. The maximum Gasteiger partial charge on any atom is 0.224 e. The minimum Gasteiger partial charge on any atom is -0.439 e. The van der Waals surface area contributed by atoms with Crippen LogP contribution in [0, 0.1) is 17.1 Å². The van der Waals surface area contributed by atoms with Crippen LogP contribution in [0.5, 0.6) is 11.6 Å². The van der Waals surface area contributed by atoms with Crippen molar-refractivity contribution < 1.29 is 9.13 Å². The van der Waals surface area contributed by atoms with Crippen molar-refractivity contribution >= 4 is 23.4 Å². The van der Waals surface area contributed by atoms with Gasteiger partial charge in [0.1, 0.15) is 22.8 Å². The number of hydrogen-bond donors (Lipinski definition) is 0. The Morgan fingerprint density at radius 2 is 2.16 bits per heavy atom. The second kappa shape index (κ2) is 5.87. The first kappa shape index (κ1) is 13.6. The van der Waals surface area contributed by atoms with Crippen LogP contribution < -0.4 is 4.74 Å². The zero-order chi connectivity index (χ0) is 13.8. The number of aromatic nitrogens is 2. The average Bonchev–Trinajstić information content (AvgIpc) is 2.38. The first-order valence-electron chi connectivity index (χ1n) is 5.08. The molecule has 7 heteroatoms. The summed E-state index contributed by atoms with van der Waals surface area (Å²) in [6, 6.07) is 7.10. The molecule has 1 aromatic carbocycles. The normalized spacial score (nSPS) is 10.0. The van der Waals surface area contributed by atoms with Crippen molar-refractivity contribution in [1.82, 2.24) is 9.97 Å². The van der Waals surface area contributed by atoms with Gasteiger partial charge in [-0.05, 0) is 18.4 Å². The molecule has 0 N–H and O–H groups in total. The van der Waals surface area contributed by atoms with Crippen molar-refractivity contribution in [3.63, 3.8) is 0 Å². The number of benzene rings is 1. The number of thioether (sulfide) groups is 1. The largest absolute Gasteiger partial charge is 0.439 e. The number of rotatable bonds is 3. The smallest absolute Gasteiger partial charge is 0.224 e. The van der Waals surface area contributed by atoms with Crippen molar-refractivity contribution in [2.75, 3.05) is 6.26 Å². The van der Waals surface area contributed by atoms with E-state index < -0.39 is 5.82 Å². The lowest BCUT2D eigenvalue weighted by molar-refractivity contribution is 0.451. The molecule has 0 saturated carbocycles. The van der Waals surface area contributed by atoms with Crippen molar-refractivity contribution in [1.29, 1.82) is 5.26 Å². The molecule has 2 aromatic rings. The van der Waals surface area contributed by atoms with E-state index in [1.165, 1.54) is 30.0 Å². The minimum absolute atomic E-state index is 0.0436. The van der Waals surface area contributed by atoms with Crippen LogP contribution in [-0.2, 0) is 0 Å². The predicted octanol–water partition coefficient (Wildman–Crippen LogP) is 3.65. The topological polar surface area (TPSA) is 58.8 Å². The average molecular weight is 296 g/mol. The molecular formula is C12H7ClFN3OS. The zero-order valence-electron chi connectivity index (χ0n) is 9.72. The van der Waals surface area contributed by atoms with Gasteiger partial charge in [0.05, 0.1) is 5.56 Å². The van der Waals surface area contributed by atoms with Gasteiger partial charge in [0.25, 0.3) is 0 Å². The van der Waals surface area contributed by atoms with Gasteiger partial charge in [-0.1, -0.05) is 23.4 Å². The summed E-state index contributed by atoms with van der Waals surface area (Å²) in [6.45, 7) is 0. The second-order valence-corrected chi connectivity index (χ2v) is 4.53. The van der Waals surface area contributed by atoms with Crippen molar-refractivity contribution in [3.8, 4) is 17.7 Å². The molecular weight excluding hydrogens is 289 g/mol. The Balaban J connectivity index is 2.28. The lowest BCUT2D eigenvalue weighted by atomic mass is 10.2. The summed E-state index contributed by atoms with van der Waals surface area (Å²) in [6.07, 6.45) is 1.80. The molecule has 96 valence electrons. The van der Waals surface area contributed by atoms with Crippen LogP contribution in [0.25, 0.3) is 0 Å². The number of halogens is 2. The molecule has 0 aliphatic carbocycles. The summed E-state index contributed by atoms with van der Waals surface area (Å²) < 4.78 is 18.8. The first-order valence-corrected chi connectivity index (χ1v) is 6.68. The molecule has 0 fully saturated rings. The molecule has 1 heterocycles. The summed E-state index contributed by atoms with van der Waals surface area (Å²) in [5, 5.41) is 9.33. The minimum atomic E-state index is -0.648. The van der Waals surface area contributed by atoms with E-state index in [1.807, 2.05) is 0 Å². The Labute approximate surface area is 118 Å². The molecule has 0 unspecified atom stereocenters. The van der Waals surface area contributed by atoms with Crippen LogP contribution in [0.1, 0.15) is 5.56 Å². The second-order valence-electron chi connectivity index (χ2n) is 3.37. The summed E-state index contributed by atoms with van der Waals surface area (Å²) in [4.78, 5) is 8.04. The quantitative estimate of drug-likeness (QED) is 0.491. The van der Waals surface area contributed by atoms with E-state index in [0.717, 1.165) is 6.07 Å². The highest BCUT2D eigenvalue weighted by Crippen LogP contribution is 2.25. The molecule has 0 saturated heterocycles. The summed E-state index contributed by atoms with van der Waals surface area (Å²) in [5.41, 5.74) is -0.0436. The molecule has 0 bridgehead atoms. The van der Waals surface area contributed by atoms with E-state index in [0.29, 0.717) is 5.16 Å². The van der Waals surface area contributed by atoms with E-state index in [1.54, 1.807) is 12.3 Å². The summed E-state index contributed by atoms with van der Waals surface area (Å²) in [7, 11) is 0. The monoisotopic (exact) mass is 295 g/mol. The Bertz CT molecular complexity index is 660. The fourth-order valence-electron chi connectivity index (χ4n) is 1.29. The molecule has 0 spiro atoms. The fourth-order valence-corrected chi connectivity index (χ4v) is 1.89. The molecule has 4 nitrogen and oxygen atoms in total. The highest BCUT2D eigenvalue weighted by Gasteiger charge is 2.07. The van der Waals surface area contributed by atoms with Gasteiger partial charge >= 0.3 is 0 Å². The van der Waals surface area contributed by atoms with Gasteiger partial charge in [-0.3, -0.25) is 0 Å². The van der Waals surface area contributed by atoms with Crippen molar-refractivity contribution in [3.05, 3.63) is 40.8 Å². The SMILES string of the molecule is CSc1nc(Cl)cc(Oc2ccc(C#N)c(F)c2)n1. The molecule has 1 aromatic heterocycles. The summed E-state index contributed by atoms with van der Waals surface area (Å²) in [5.74, 6) is -0.197. The highest BCUT2D eigenvalue weighted by atomic mass is 35.5. The number of ether oxygens (including phenoxy) is 1. The number of hydrogen-bond acceptors (Lipinski definition) is 5. The Morgan fingerprint density at radius 3 is 2.79 bits per heavy atom. The van der Waals surface area contributed by atoms with Crippen LogP contribution in [0.2, 0.25) is 5.15 Å². The van der Waals surface area contributed by atoms with E-state index in [-0.39, 0.29) is 22.3 Å². The van der Waals surface area contributed by atoms with Crippen molar-refractivity contribution in [2.45, 2.75) is 5.16 Å². The van der Waals surface area contributed by atoms with Gasteiger partial charge in [-0.15, -0.1) is 0 Å². The molecule has 0 aliphatic heterocycles. The van der Waals surface area contributed by atoms with Gasteiger partial charge < -0.3 is 4.74 Å². The van der Waals surface area contributed by atoms with Crippen LogP contribution >= 0.6 is 23.4 Å². The van der Waals surface area contributed by atoms with Gasteiger partial charge in [0, 0.05) is 12.1 Å². The molecule has 0 amide bonds. The third kappa shape index (κ3) is 3.34. The Morgan fingerprint density at radius 1 is 1.37 bits per heavy atom. The molecule has 0 aliphatic rings. The van der Waals surface area contributed by atoms with Crippen LogP contribution in [0.4, 0.5) is 4.39 Å². The number of nitrogens with zero attached hydrogens (tertiary/aromatic N) is 3. The lowest BCUT2D eigenvalue weighted by Gasteiger charge is -2.06. The maximum atomic E-state index is 13.4. The Hall–Kier alpha value is -1.84. The molecule has 19 heavy (non-hydrogen) atoms. The van der Waals surface area contributed by atoms with E-state index in [4.69, 9.17) is 21.6 Å². The van der Waals surface area contributed by atoms with Crippen molar-refractivity contribution in [2.24, 2.45) is 0 Å². The zero-order valence-corrected chi connectivity index (χ0v) is 11.3. The summed E-state index contributed by atoms with van der Waals surface area (Å²) >= 11 is 7.13. The van der Waals surface area contributed by atoms with Crippen LogP contribution in [0.3, 0.4) is 0 Å². The number of nitriles is 1. The van der Waals surface area contributed by atoms with E-state index >= 15 is 0 Å². The maximum absolute atomic E-state index is 13.4. The predicted molar refractivity (Wildman–Crippen MR) is 70.0 cm³/mol. The van der Waals surface area contributed by atoms with Gasteiger partial charge in [0.2, 0.25) is 5.88 Å². The first-order chi connectivity index (χ1) is 9.12. The van der Waals surface area contributed by atoms with Gasteiger partial charge in [-0.2, -0.15) is 10.2 Å². The molecule has 2 rings (SSSR count). The van der Waals surface area contributed by atoms with Crippen LogP contribution in [-0.4, -0.2) is 16.2 Å². The van der Waals surface area contributed by atoms with Gasteiger partial charge in [-0.25, -0.2) is 9.37 Å². The van der Waals surface area contributed by atoms with E-state index in [2.05, 4.69) is 9.97 Å². The highest BCUT2D eigenvalue weighted by molar-refractivity contribution is 7.98.